The molecule has 0 aliphatic carbocycles. The molecule has 138 valence electrons. The highest BCUT2D eigenvalue weighted by atomic mass is 19.3. The lowest BCUT2D eigenvalue weighted by Gasteiger charge is -2.12. The first-order valence-electron chi connectivity index (χ1n) is 8.42. The summed E-state index contributed by atoms with van der Waals surface area (Å²) in [6.45, 7) is 3.73. The topological polar surface area (TPSA) is 63.2 Å². The fraction of sp³-hybridized carbons (Fsp3) is 0.368. The lowest BCUT2D eigenvalue weighted by molar-refractivity contribution is -0.123. The molecule has 3 rings (SSSR count). The summed E-state index contributed by atoms with van der Waals surface area (Å²) in [6.07, 6.45) is 1.11. The van der Waals surface area contributed by atoms with Gasteiger partial charge in [-0.15, -0.1) is 0 Å². The first kappa shape index (κ1) is 18.3. The second-order valence-electron chi connectivity index (χ2n) is 6.51. The summed E-state index contributed by atoms with van der Waals surface area (Å²) in [5, 5.41) is 5.21. The molecule has 1 unspecified atom stereocenters. The molecule has 5 nitrogen and oxygen atoms in total. The van der Waals surface area contributed by atoms with Crippen LogP contribution in [0.5, 0.6) is 11.6 Å². The van der Waals surface area contributed by atoms with Gasteiger partial charge in [-0.2, -0.15) is 0 Å². The van der Waals surface area contributed by atoms with Crippen LogP contribution < -0.4 is 15.4 Å². The number of nitrogens with one attached hydrogen (secondary N) is 2. The van der Waals surface area contributed by atoms with Crippen LogP contribution in [0.15, 0.2) is 36.5 Å². The Morgan fingerprint density at radius 2 is 2.19 bits per heavy atom. The summed E-state index contributed by atoms with van der Waals surface area (Å²) in [4.78, 5) is 16.2. The minimum absolute atomic E-state index is 0.217. The Hall–Kier alpha value is -2.54. The van der Waals surface area contributed by atoms with E-state index in [0.717, 1.165) is 22.4 Å². The fourth-order valence-corrected chi connectivity index (χ4v) is 2.78. The van der Waals surface area contributed by atoms with Crippen molar-refractivity contribution in [3.05, 3.63) is 53.2 Å². The molecular formula is C19H21F2N3O2. The molecule has 0 saturated carbocycles. The smallest absolute Gasteiger partial charge is 0.262 e. The number of nitrogens with zero attached hydrogens (tertiary/aromatic N) is 1. The van der Waals surface area contributed by atoms with E-state index >= 15 is 0 Å². The Morgan fingerprint density at radius 3 is 2.92 bits per heavy atom. The Bertz CT molecular complexity index is 811. The third kappa shape index (κ3) is 4.35. The van der Waals surface area contributed by atoms with Crippen LogP contribution in [0.3, 0.4) is 0 Å². The third-order valence-corrected chi connectivity index (χ3v) is 4.46. The van der Waals surface area contributed by atoms with Gasteiger partial charge in [0.2, 0.25) is 11.8 Å². The Labute approximate surface area is 150 Å². The number of hydrogen-bond donors (Lipinski definition) is 2. The first-order chi connectivity index (χ1) is 12.3. The molecule has 0 spiro atoms. The van der Waals surface area contributed by atoms with Gasteiger partial charge in [0.15, 0.2) is 0 Å². The molecule has 1 aliphatic rings. The van der Waals surface area contributed by atoms with Crippen molar-refractivity contribution < 1.29 is 18.3 Å². The van der Waals surface area contributed by atoms with Crippen LogP contribution in [0.1, 0.15) is 23.1 Å². The molecule has 0 bridgehead atoms. The fourth-order valence-electron chi connectivity index (χ4n) is 2.78. The quantitative estimate of drug-likeness (QED) is 0.859. The van der Waals surface area contributed by atoms with E-state index in [2.05, 4.69) is 15.6 Å². The average Bonchev–Trinajstić information content (AvgIpc) is 2.97. The van der Waals surface area contributed by atoms with Crippen molar-refractivity contribution in [2.45, 2.75) is 38.8 Å². The molecule has 1 fully saturated rings. The standard InChI is InChI=1S/C19H21F2N3O2/c1-12-4-3-5-16(13(12)2)26-17-8-14(6-7-22-17)10-23-18(25)15-9-19(20,21)11-24-15/h3-8,15,24H,9-11H2,1-2H3,(H,23,25). The molecule has 2 heterocycles. The van der Waals surface area contributed by atoms with Crippen molar-refractivity contribution in [3.8, 4) is 11.6 Å². The highest BCUT2D eigenvalue weighted by Crippen LogP contribution is 2.26. The lowest BCUT2D eigenvalue weighted by atomic mass is 10.1. The summed E-state index contributed by atoms with van der Waals surface area (Å²) in [5.41, 5.74) is 2.92. The maximum absolute atomic E-state index is 13.2. The van der Waals surface area contributed by atoms with Gasteiger partial charge < -0.3 is 10.1 Å². The van der Waals surface area contributed by atoms with Gasteiger partial charge in [-0.1, -0.05) is 12.1 Å². The molecule has 1 aromatic heterocycles. The van der Waals surface area contributed by atoms with E-state index in [1.54, 1.807) is 18.3 Å². The minimum atomic E-state index is -2.83. The van der Waals surface area contributed by atoms with Crippen LogP contribution >= 0.6 is 0 Å². The number of carbonyl (C=O) groups excluding carboxylic acids is 1. The molecule has 1 aromatic carbocycles. The summed E-state index contributed by atoms with van der Waals surface area (Å²) in [6, 6.07) is 8.38. The van der Waals surface area contributed by atoms with Crippen molar-refractivity contribution in [2.75, 3.05) is 6.54 Å². The number of pyridine rings is 1. The molecular weight excluding hydrogens is 340 g/mol. The predicted molar refractivity (Wildman–Crippen MR) is 93.4 cm³/mol. The van der Waals surface area contributed by atoms with Gasteiger partial charge >= 0.3 is 0 Å². The summed E-state index contributed by atoms with van der Waals surface area (Å²) < 4.78 is 32.2. The number of hydrogen-bond acceptors (Lipinski definition) is 4. The molecule has 1 amide bonds. The molecule has 7 heteroatoms. The van der Waals surface area contributed by atoms with Crippen LogP contribution in [0.25, 0.3) is 0 Å². The van der Waals surface area contributed by atoms with E-state index in [9.17, 15) is 13.6 Å². The Kier molecular flexibility index (Phi) is 5.18. The van der Waals surface area contributed by atoms with Gasteiger partial charge in [0, 0.05) is 25.2 Å². The number of benzene rings is 1. The van der Waals surface area contributed by atoms with Crippen molar-refractivity contribution in [1.29, 1.82) is 0 Å². The third-order valence-electron chi connectivity index (χ3n) is 4.46. The van der Waals surface area contributed by atoms with E-state index in [-0.39, 0.29) is 6.54 Å². The maximum atomic E-state index is 13.2. The average molecular weight is 361 g/mol. The van der Waals surface area contributed by atoms with Gasteiger partial charge in [-0.3, -0.25) is 10.1 Å². The van der Waals surface area contributed by atoms with Crippen molar-refractivity contribution in [2.24, 2.45) is 0 Å². The SMILES string of the molecule is Cc1cccc(Oc2cc(CNC(=O)C3CC(F)(F)CN3)ccn2)c1C. The predicted octanol–water partition coefficient (Wildman–Crippen LogP) is 3.10. The van der Waals surface area contributed by atoms with E-state index in [1.165, 1.54) is 0 Å². The van der Waals surface area contributed by atoms with E-state index in [1.807, 2.05) is 32.0 Å². The zero-order chi connectivity index (χ0) is 18.7. The molecule has 0 radical (unpaired) electrons. The van der Waals surface area contributed by atoms with Crippen molar-refractivity contribution >= 4 is 5.91 Å². The molecule has 26 heavy (non-hydrogen) atoms. The van der Waals surface area contributed by atoms with Crippen LogP contribution in [0.2, 0.25) is 0 Å². The largest absolute Gasteiger partial charge is 0.439 e. The molecule has 1 atom stereocenters. The minimum Gasteiger partial charge on any atom is -0.439 e. The Balaban J connectivity index is 1.61. The van der Waals surface area contributed by atoms with Crippen molar-refractivity contribution in [3.63, 3.8) is 0 Å². The molecule has 1 aliphatic heterocycles. The number of halogens is 2. The van der Waals surface area contributed by atoms with Crippen LogP contribution in [-0.2, 0) is 11.3 Å². The summed E-state index contributed by atoms with van der Waals surface area (Å²) in [5.74, 6) is -2.13. The molecule has 2 aromatic rings. The number of aryl methyl sites for hydroxylation is 1. The van der Waals surface area contributed by atoms with E-state index < -0.39 is 30.8 Å². The number of ether oxygens (including phenoxy) is 1. The first-order valence-corrected chi connectivity index (χ1v) is 8.42. The number of carbonyl (C=O) groups is 1. The van der Waals surface area contributed by atoms with Crippen LogP contribution in [-0.4, -0.2) is 29.4 Å². The van der Waals surface area contributed by atoms with Crippen LogP contribution in [0.4, 0.5) is 8.78 Å². The second-order valence-corrected chi connectivity index (χ2v) is 6.51. The number of alkyl halides is 2. The van der Waals surface area contributed by atoms with Crippen LogP contribution in [0, 0.1) is 13.8 Å². The molecule has 2 N–H and O–H groups in total. The summed E-state index contributed by atoms with van der Waals surface area (Å²) in [7, 11) is 0. The number of rotatable bonds is 5. The van der Waals surface area contributed by atoms with Crippen molar-refractivity contribution in [1.82, 2.24) is 15.6 Å². The normalized spacial score (nSPS) is 18.5. The van der Waals surface area contributed by atoms with E-state index in [4.69, 9.17) is 4.74 Å². The second kappa shape index (κ2) is 7.37. The highest BCUT2D eigenvalue weighted by molar-refractivity contribution is 5.82. The number of amides is 1. The highest BCUT2D eigenvalue weighted by Gasteiger charge is 2.42. The maximum Gasteiger partial charge on any atom is 0.262 e. The monoisotopic (exact) mass is 361 g/mol. The number of aromatic nitrogens is 1. The Morgan fingerprint density at radius 1 is 1.38 bits per heavy atom. The van der Waals surface area contributed by atoms with Gasteiger partial charge in [0.05, 0.1) is 12.6 Å². The zero-order valence-electron chi connectivity index (χ0n) is 14.7. The molecule has 1 saturated heterocycles. The lowest BCUT2D eigenvalue weighted by Crippen LogP contribution is -2.40. The van der Waals surface area contributed by atoms with Gasteiger partial charge in [0.25, 0.3) is 5.92 Å². The van der Waals surface area contributed by atoms with Gasteiger partial charge in [-0.25, -0.2) is 13.8 Å². The van der Waals surface area contributed by atoms with Gasteiger partial charge in [0.1, 0.15) is 5.75 Å². The van der Waals surface area contributed by atoms with Gasteiger partial charge in [-0.05, 0) is 42.7 Å². The summed E-state index contributed by atoms with van der Waals surface area (Å²) >= 11 is 0. The van der Waals surface area contributed by atoms with E-state index in [0.29, 0.717) is 5.88 Å². The zero-order valence-corrected chi connectivity index (χ0v) is 14.7.